The van der Waals surface area contributed by atoms with Crippen LogP contribution in [0.15, 0.2) is 20.7 Å². The van der Waals surface area contributed by atoms with Crippen LogP contribution >= 0.6 is 0 Å². The van der Waals surface area contributed by atoms with Gasteiger partial charge in [-0.3, -0.25) is 14.2 Å². The van der Waals surface area contributed by atoms with E-state index in [9.17, 15) is 22.8 Å². The number of rotatable bonds is 4. The summed E-state index contributed by atoms with van der Waals surface area (Å²) in [7, 11) is -1.74. The second-order valence-corrected chi connectivity index (χ2v) is 5.28. The summed E-state index contributed by atoms with van der Waals surface area (Å²) < 4.78 is 26.9. The quantitative estimate of drug-likeness (QED) is 0.599. The van der Waals surface area contributed by atoms with E-state index in [0.29, 0.717) is 4.57 Å². The standard InChI is InChI=1S/C8H12N4O5S/c1-11-4-5(7(14)12(2)8(11)15)18(16,17)10-3-6(9)13/h4,10H,3H2,1-2H3,(H2,9,13). The molecule has 0 radical (unpaired) electrons. The van der Waals surface area contributed by atoms with Gasteiger partial charge in [0, 0.05) is 20.3 Å². The maximum Gasteiger partial charge on any atom is 0.330 e. The van der Waals surface area contributed by atoms with Crippen molar-refractivity contribution in [3.63, 3.8) is 0 Å². The van der Waals surface area contributed by atoms with Gasteiger partial charge in [0.2, 0.25) is 15.9 Å². The smallest absolute Gasteiger partial charge is 0.330 e. The van der Waals surface area contributed by atoms with E-state index in [0.717, 1.165) is 17.8 Å². The molecule has 0 bridgehead atoms. The van der Waals surface area contributed by atoms with Gasteiger partial charge >= 0.3 is 5.69 Å². The van der Waals surface area contributed by atoms with Crippen LogP contribution in [0.5, 0.6) is 0 Å². The number of aryl methyl sites for hydroxylation is 1. The second kappa shape index (κ2) is 4.74. The van der Waals surface area contributed by atoms with Crippen molar-refractivity contribution >= 4 is 15.9 Å². The average molecular weight is 276 g/mol. The molecule has 0 atom stereocenters. The monoisotopic (exact) mass is 276 g/mol. The van der Waals surface area contributed by atoms with Crippen molar-refractivity contribution in [1.82, 2.24) is 13.9 Å². The first-order chi connectivity index (χ1) is 8.16. The molecular weight excluding hydrogens is 264 g/mol. The van der Waals surface area contributed by atoms with Gasteiger partial charge in [-0.25, -0.2) is 17.9 Å². The summed E-state index contributed by atoms with van der Waals surface area (Å²) in [6.07, 6.45) is 0.883. The number of sulfonamides is 1. The van der Waals surface area contributed by atoms with Crippen molar-refractivity contribution in [3.8, 4) is 0 Å². The number of nitrogens with one attached hydrogen (secondary N) is 1. The summed E-state index contributed by atoms with van der Waals surface area (Å²) >= 11 is 0. The molecule has 0 unspecified atom stereocenters. The SMILES string of the molecule is Cn1cc(S(=O)(=O)NCC(N)=O)c(=O)n(C)c1=O. The van der Waals surface area contributed by atoms with Crippen LogP contribution in [-0.4, -0.2) is 30.0 Å². The number of aromatic nitrogens is 2. The topological polar surface area (TPSA) is 133 Å². The van der Waals surface area contributed by atoms with E-state index >= 15 is 0 Å². The molecule has 0 aliphatic heterocycles. The van der Waals surface area contributed by atoms with Crippen molar-refractivity contribution in [2.75, 3.05) is 6.54 Å². The fourth-order valence-corrected chi connectivity index (χ4v) is 2.35. The summed E-state index contributed by atoms with van der Waals surface area (Å²) in [4.78, 5) is 32.9. The minimum absolute atomic E-state index is 0.631. The van der Waals surface area contributed by atoms with Gasteiger partial charge in [0.05, 0.1) is 6.54 Å². The van der Waals surface area contributed by atoms with Gasteiger partial charge in [-0.1, -0.05) is 0 Å². The molecule has 1 aromatic heterocycles. The number of hydrogen-bond acceptors (Lipinski definition) is 5. The summed E-state index contributed by atoms with van der Waals surface area (Å²) in [5.41, 5.74) is 3.16. The highest BCUT2D eigenvalue weighted by molar-refractivity contribution is 7.89. The largest absolute Gasteiger partial charge is 0.369 e. The van der Waals surface area contributed by atoms with E-state index in [1.807, 2.05) is 4.72 Å². The fourth-order valence-electron chi connectivity index (χ4n) is 1.20. The molecule has 1 heterocycles. The highest BCUT2D eigenvalue weighted by atomic mass is 32.2. The number of nitrogens with two attached hydrogens (primary N) is 1. The maximum absolute atomic E-state index is 11.7. The lowest BCUT2D eigenvalue weighted by Crippen LogP contribution is -2.42. The number of carbonyl (C=O) groups excluding carboxylic acids is 1. The number of hydrogen-bond donors (Lipinski definition) is 2. The molecular formula is C8H12N4O5S. The zero-order valence-electron chi connectivity index (χ0n) is 9.71. The van der Waals surface area contributed by atoms with Crippen molar-refractivity contribution in [2.45, 2.75) is 4.90 Å². The van der Waals surface area contributed by atoms with E-state index < -0.39 is 38.6 Å². The Morgan fingerprint density at radius 3 is 2.44 bits per heavy atom. The first kappa shape index (κ1) is 14.1. The van der Waals surface area contributed by atoms with E-state index in [2.05, 4.69) is 0 Å². The van der Waals surface area contributed by atoms with E-state index in [4.69, 9.17) is 5.73 Å². The first-order valence-electron chi connectivity index (χ1n) is 4.71. The van der Waals surface area contributed by atoms with Gasteiger partial charge in [0.25, 0.3) is 5.56 Å². The Bertz CT molecular complexity index is 699. The molecule has 0 spiro atoms. The number of amides is 1. The fraction of sp³-hybridized carbons (Fsp3) is 0.375. The Kier molecular flexibility index (Phi) is 3.72. The summed E-state index contributed by atoms with van der Waals surface area (Å²) in [6.45, 7) is -0.631. The summed E-state index contributed by atoms with van der Waals surface area (Å²) in [5, 5.41) is 0. The van der Waals surface area contributed by atoms with Crippen LogP contribution in [0.1, 0.15) is 0 Å². The minimum atomic E-state index is -4.19. The Balaban J connectivity index is 3.39. The second-order valence-electron chi connectivity index (χ2n) is 3.54. The van der Waals surface area contributed by atoms with Crippen LogP contribution in [0.3, 0.4) is 0 Å². The lowest BCUT2D eigenvalue weighted by Gasteiger charge is -2.07. The van der Waals surface area contributed by atoms with Gasteiger partial charge in [-0.05, 0) is 0 Å². The van der Waals surface area contributed by atoms with Gasteiger partial charge in [0.15, 0.2) is 4.90 Å². The molecule has 1 amide bonds. The van der Waals surface area contributed by atoms with Gasteiger partial charge < -0.3 is 10.3 Å². The molecule has 0 saturated heterocycles. The number of carbonyl (C=O) groups is 1. The van der Waals surface area contributed by atoms with Crippen molar-refractivity contribution in [2.24, 2.45) is 19.8 Å². The Morgan fingerprint density at radius 1 is 1.39 bits per heavy atom. The van der Waals surface area contributed by atoms with Crippen molar-refractivity contribution < 1.29 is 13.2 Å². The predicted molar refractivity (Wildman–Crippen MR) is 61.3 cm³/mol. The van der Waals surface area contributed by atoms with Gasteiger partial charge in [-0.2, -0.15) is 0 Å². The summed E-state index contributed by atoms with van der Waals surface area (Å²) in [5.74, 6) is -0.889. The lowest BCUT2D eigenvalue weighted by molar-refractivity contribution is -0.116. The van der Waals surface area contributed by atoms with Crippen molar-refractivity contribution in [3.05, 3.63) is 27.0 Å². The van der Waals surface area contributed by atoms with Crippen LogP contribution in [0, 0.1) is 0 Å². The molecule has 10 heteroatoms. The summed E-state index contributed by atoms with van der Waals surface area (Å²) in [6, 6.07) is 0. The predicted octanol–water partition coefficient (Wildman–Crippen LogP) is -3.15. The van der Waals surface area contributed by atoms with Crippen LogP contribution in [0.2, 0.25) is 0 Å². The van der Waals surface area contributed by atoms with Gasteiger partial charge in [-0.15, -0.1) is 0 Å². The molecule has 0 aliphatic rings. The van der Waals surface area contributed by atoms with Crippen molar-refractivity contribution in [1.29, 1.82) is 0 Å². The lowest BCUT2D eigenvalue weighted by atomic mass is 10.6. The number of primary amides is 1. The minimum Gasteiger partial charge on any atom is -0.369 e. The highest BCUT2D eigenvalue weighted by Gasteiger charge is 2.21. The Labute approximate surface area is 102 Å². The molecule has 18 heavy (non-hydrogen) atoms. The molecule has 0 aromatic carbocycles. The molecule has 0 aliphatic carbocycles. The molecule has 1 aromatic rings. The molecule has 9 nitrogen and oxygen atoms in total. The number of nitrogens with zero attached hydrogens (tertiary/aromatic N) is 2. The molecule has 0 fully saturated rings. The Hall–Kier alpha value is -1.94. The van der Waals surface area contributed by atoms with Crippen LogP contribution in [0.4, 0.5) is 0 Å². The van der Waals surface area contributed by atoms with Crippen LogP contribution in [0.25, 0.3) is 0 Å². The van der Waals surface area contributed by atoms with E-state index in [-0.39, 0.29) is 0 Å². The third kappa shape index (κ3) is 2.65. The average Bonchev–Trinajstić information content (AvgIpc) is 2.28. The first-order valence-corrected chi connectivity index (χ1v) is 6.20. The van der Waals surface area contributed by atoms with Crippen LogP contribution < -0.4 is 21.7 Å². The normalized spacial score (nSPS) is 11.4. The van der Waals surface area contributed by atoms with E-state index in [1.54, 1.807) is 0 Å². The molecule has 100 valence electrons. The molecule has 3 N–H and O–H groups in total. The Morgan fingerprint density at radius 2 is 1.94 bits per heavy atom. The third-order valence-corrected chi connectivity index (χ3v) is 3.52. The highest BCUT2D eigenvalue weighted by Crippen LogP contribution is 1.98. The zero-order chi connectivity index (χ0) is 14.1. The van der Waals surface area contributed by atoms with E-state index in [1.165, 1.54) is 7.05 Å². The third-order valence-electron chi connectivity index (χ3n) is 2.14. The zero-order valence-corrected chi connectivity index (χ0v) is 10.5. The van der Waals surface area contributed by atoms with Crippen LogP contribution in [-0.2, 0) is 28.9 Å². The maximum atomic E-state index is 11.7. The van der Waals surface area contributed by atoms with Gasteiger partial charge in [0.1, 0.15) is 0 Å². The molecule has 1 rings (SSSR count). The molecule has 0 saturated carbocycles.